The third-order valence-corrected chi connectivity index (χ3v) is 4.09. The maximum atomic E-state index is 12.0. The Balaban J connectivity index is 1.68. The fourth-order valence-electron chi connectivity index (χ4n) is 2.81. The first-order valence-corrected chi connectivity index (χ1v) is 6.94. The minimum atomic E-state index is 0.217. The van der Waals surface area contributed by atoms with Crippen LogP contribution >= 0.6 is 0 Å². The molecule has 0 heterocycles. The van der Waals surface area contributed by atoms with Crippen molar-refractivity contribution in [2.24, 2.45) is 17.6 Å². The SMILES string of the molecule is NC1CCC(C(=O)NCC2CC=CCC2)CC1. The van der Waals surface area contributed by atoms with E-state index in [2.05, 4.69) is 17.5 Å². The zero-order chi connectivity index (χ0) is 12.1. The van der Waals surface area contributed by atoms with Gasteiger partial charge in [-0.25, -0.2) is 0 Å². The Morgan fingerprint density at radius 1 is 1.18 bits per heavy atom. The molecule has 2 aliphatic rings. The number of amides is 1. The van der Waals surface area contributed by atoms with Gasteiger partial charge in [-0.15, -0.1) is 0 Å². The summed E-state index contributed by atoms with van der Waals surface area (Å²) in [5.74, 6) is 1.12. The number of nitrogens with two attached hydrogens (primary N) is 1. The van der Waals surface area contributed by atoms with Gasteiger partial charge in [-0.3, -0.25) is 4.79 Å². The first kappa shape index (κ1) is 12.6. The Morgan fingerprint density at radius 3 is 2.59 bits per heavy atom. The number of carbonyl (C=O) groups excluding carboxylic acids is 1. The molecule has 0 bridgehead atoms. The molecule has 1 amide bonds. The lowest BCUT2D eigenvalue weighted by molar-refractivity contribution is -0.126. The van der Waals surface area contributed by atoms with E-state index in [0.29, 0.717) is 12.0 Å². The first-order valence-electron chi connectivity index (χ1n) is 6.94. The summed E-state index contributed by atoms with van der Waals surface area (Å²) < 4.78 is 0. The van der Waals surface area contributed by atoms with Crippen LogP contribution in [0.4, 0.5) is 0 Å². The molecule has 17 heavy (non-hydrogen) atoms. The van der Waals surface area contributed by atoms with Crippen molar-refractivity contribution in [3.05, 3.63) is 12.2 Å². The van der Waals surface area contributed by atoms with Gasteiger partial charge in [-0.05, 0) is 50.9 Å². The van der Waals surface area contributed by atoms with E-state index in [-0.39, 0.29) is 11.8 Å². The van der Waals surface area contributed by atoms with Gasteiger partial charge in [0.05, 0.1) is 0 Å². The molecular weight excluding hydrogens is 212 g/mol. The van der Waals surface area contributed by atoms with Crippen molar-refractivity contribution in [2.75, 3.05) is 6.54 Å². The molecule has 3 N–H and O–H groups in total. The van der Waals surface area contributed by atoms with Gasteiger partial charge in [0.2, 0.25) is 5.91 Å². The van der Waals surface area contributed by atoms with Crippen LogP contribution < -0.4 is 11.1 Å². The van der Waals surface area contributed by atoms with E-state index in [9.17, 15) is 4.79 Å². The van der Waals surface area contributed by atoms with Crippen molar-refractivity contribution in [1.29, 1.82) is 0 Å². The predicted molar refractivity (Wildman–Crippen MR) is 69.4 cm³/mol. The Kier molecular flexibility index (Phi) is 4.60. The number of carbonyl (C=O) groups is 1. The van der Waals surface area contributed by atoms with Gasteiger partial charge < -0.3 is 11.1 Å². The molecule has 2 aliphatic carbocycles. The molecule has 0 aliphatic heterocycles. The van der Waals surface area contributed by atoms with Crippen molar-refractivity contribution in [2.45, 2.75) is 51.0 Å². The van der Waals surface area contributed by atoms with Crippen LogP contribution in [0.1, 0.15) is 44.9 Å². The van der Waals surface area contributed by atoms with Crippen LogP contribution in [0.5, 0.6) is 0 Å². The molecule has 3 heteroatoms. The molecule has 1 saturated carbocycles. The van der Waals surface area contributed by atoms with Gasteiger partial charge >= 0.3 is 0 Å². The molecule has 0 aromatic carbocycles. The highest BCUT2D eigenvalue weighted by atomic mass is 16.1. The van der Waals surface area contributed by atoms with Crippen molar-refractivity contribution in [3.63, 3.8) is 0 Å². The normalized spacial score (nSPS) is 33.4. The van der Waals surface area contributed by atoms with Crippen LogP contribution in [0.3, 0.4) is 0 Å². The van der Waals surface area contributed by atoms with E-state index < -0.39 is 0 Å². The molecule has 0 saturated heterocycles. The summed E-state index contributed by atoms with van der Waals surface area (Å²) in [6.07, 6.45) is 11.9. The zero-order valence-electron chi connectivity index (χ0n) is 10.5. The zero-order valence-corrected chi connectivity index (χ0v) is 10.5. The standard InChI is InChI=1S/C14H24N2O/c15-13-8-6-12(7-9-13)14(17)16-10-11-4-2-1-3-5-11/h1-2,11-13H,3-10,15H2,(H,16,17). The van der Waals surface area contributed by atoms with Crippen LogP contribution in [-0.2, 0) is 4.79 Å². The second-order valence-corrected chi connectivity index (χ2v) is 5.51. The molecule has 0 aromatic rings. The van der Waals surface area contributed by atoms with Crippen molar-refractivity contribution in [1.82, 2.24) is 5.32 Å². The molecule has 96 valence electrons. The van der Waals surface area contributed by atoms with Gasteiger partial charge in [0.1, 0.15) is 0 Å². The van der Waals surface area contributed by atoms with Crippen LogP contribution in [0.2, 0.25) is 0 Å². The second kappa shape index (κ2) is 6.20. The number of hydrogen-bond acceptors (Lipinski definition) is 2. The van der Waals surface area contributed by atoms with E-state index >= 15 is 0 Å². The average Bonchev–Trinajstić information content (AvgIpc) is 2.38. The topological polar surface area (TPSA) is 55.1 Å². The number of hydrogen-bond donors (Lipinski definition) is 2. The van der Waals surface area contributed by atoms with Crippen molar-refractivity contribution < 1.29 is 4.79 Å². The molecule has 1 atom stereocenters. The third kappa shape index (κ3) is 3.84. The van der Waals surface area contributed by atoms with Gasteiger partial charge in [0.15, 0.2) is 0 Å². The van der Waals surface area contributed by atoms with Gasteiger partial charge in [0, 0.05) is 18.5 Å². The summed E-state index contributed by atoms with van der Waals surface area (Å²) in [6.45, 7) is 0.853. The van der Waals surface area contributed by atoms with Crippen LogP contribution in [0.15, 0.2) is 12.2 Å². The number of rotatable bonds is 3. The average molecular weight is 236 g/mol. The number of nitrogens with one attached hydrogen (secondary N) is 1. The monoisotopic (exact) mass is 236 g/mol. The summed E-state index contributed by atoms with van der Waals surface area (Å²) in [5, 5.41) is 3.12. The fourth-order valence-corrected chi connectivity index (χ4v) is 2.81. The highest BCUT2D eigenvalue weighted by molar-refractivity contribution is 5.78. The molecule has 0 spiro atoms. The minimum absolute atomic E-state index is 0.217. The number of allylic oxidation sites excluding steroid dienone is 2. The van der Waals surface area contributed by atoms with Crippen molar-refractivity contribution in [3.8, 4) is 0 Å². The highest BCUT2D eigenvalue weighted by Crippen LogP contribution is 2.23. The van der Waals surface area contributed by atoms with E-state index in [0.717, 1.165) is 38.6 Å². The molecule has 0 radical (unpaired) electrons. The summed E-state index contributed by atoms with van der Waals surface area (Å²) in [7, 11) is 0. The van der Waals surface area contributed by atoms with Crippen LogP contribution in [-0.4, -0.2) is 18.5 Å². The minimum Gasteiger partial charge on any atom is -0.356 e. The Hall–Kier alpha value is -0.830. The molecule has 3 nitrogen and oxygen atoms in total. The lowest BCUT2D eigenvalue weighted by Gasteiger charge is -2.26. The largest absolute Gasteiger partial charge is 0.356 e. The molecule has 1 unspecified atom stereocenters. The maximum absolute atomic E-state index is 12.0. The molecular formula is C14H24N2O. The summed E-state index contributed by atoms with van der Waals surface area (Å²) >= 11 is 0. The molecule has 0 aromatic heterocycles. The van der Waals surface area contributed by atoms with Gasteiger partial charge in [-0.1, -0.05) is 12.2 Å². The van der Waals surface area contributed by atoms with E-state index in [1.165, 1.54) is 12.8 Å². The van der Waals surface area contributed by atoms with Gasteiger partial charge in [0.25, 0.3) is 0 Å². The third-order valence-electron chi connectivity index (χ3n) is 4.09. The second-order valence-electron chi connectivity index (χ2n) is 5.51. The molecule has 2 rings (SSSR count). The smallest absolute Gasteiger partial charge is 0.223 e. The Morgan fingerprint density at radius 2 is 1.94 bits per heavy atom. The Labute approximate surface area is 104 Å². The van der Waals surface area contributed by atoms with Crippen molar-refractivity contribution >= 4 is 5.91 Å². The van der Waals surface area contributed by atoms with E-state index in [4.69, 9.17) is 5.73 Å². The van der Waals surface area contributed by atoms with Gasteiger partial charge in [-0.2, -0.15) is 0 Å². The lowest BCUT2D eigenvalue weighted by Crippen LogP contribution is -2.38. The lowest BCUT2D eigenvalue weighted by atomic mass is 9.85. The summed E-state index contributed by atoms with van der Waals surface area (Å²) in [4.78, 5) is 12.0. The predicted octanol–water partition coefficient (Wildman–Crippen LogP) is 1.98. The summed E-state index contributed by atoms with van der Waals surface area (Å²) in [5.41, 5.74) is 5.85. The molecule has 1 fully saturated rings. The van der Waals surface area contributed by atoms with E-state index in [1.807, 2.05) is 0 Å². The maximum Gasteiger partial charge on any atom is 0.223 e. The highest BCUT2D eigenvalue weighted by Gasteiger charge is 2.24. The first-order chi connectivity index (χ1) is 8.25. The van der Waals surface area contributed by atoms with Crippen LogP contribution in [0.25, 0.3) is 0 Å². The van der Waals surface area contributed by atoms with E-state index in [1.54, 1.807) is 0 Å². The summed E-state index contributed by atoms with van der Waals surface area (Å²) in [6, 6.07) is 0.322. The fraction of sp³-hybridized carbons (Fsp3) is 0.786. The van der Waals surface area contributed by atoms with Crippen LogP contribution in [0, 0.1) is 11.8 Å². The quantitative estimate of drug-likeness (QED) is 0.736. The Bertz CT molecular complexity index is 280.